The fourth-order valence-electron chi connectivity index (χ4n) is 6.24. The molecule has 14 heteroatoms. The Balaban J connectivity index is 1.41. The van der Waals surface area contributed by atoms with Gasteiger partial charge in [0.1, 0.15) is 29.9 Å². The fraction of sp³-hybridized carbons (Fsp3) is 0.312. The van der Waals surface area contributed by atoms with Crippen LogP contribution in [-0.2, 0) is 4.79 Å². The van der Waals surface area contributed by atoms with Gasteiger partial charge < -0.3 is 24.7 Å². The van der Waals surface area contributed by atoms with E-state index in [1.54, 1.807) is 17.0 Å². The number of furan rings is 1. The van der Waals surface area contributed by atoms with E-state index in [4.69, 9.17) is 19.9 Å². The zero-order chi connectivity index (χ0) is 32.1. The number of carbonyl (C=O) groups excluding carboxylic acids is 1. The number of halogens is 3. The average molecular weight is 650 g/mol. The molecule has 2 unspecified atom stereocenters. The summed E-state index contributed by atoms with van der Waals surface area (Å²) in [5.41, 5.74) is 7.68. The first kappa shape index (κ1) is 30.0. The number of ether oxygens (including phenoxy) is 1. The predicted molar refractivity (Wildman–Crippen MR) is 171 cm³/mol. The van der Waals surface area contributed by atoms with Crippen LogP contribution < -0.4 is 15.4 Å². The SMILES string of the molecule is C=CC(=O)N1CCN(c2nc(OCC3CC(F)CN3C)nc3c(F)c(-c4ccc(F)c5sc(N)nc45)c(-c4ccoc4)cc23)CC1. The molecule has 0 aliphatic carbocycles. The highest BCUT2D eigenvalue weighted by molar-refractivity contribution is 7.22. The van der Waals surface area contributed by atoms with Crippen molar-refractivity contribution in [2.45, 2.75) is 18.6 Å². The number of carbonyl (C=O) groups is 1. The lowest BCUT2D eigenvalue weighted by Gasteiger charge is -2.35. The van der Waals surface area contributed by atoms with Crippen LogP contribution in [0.3, 0.4) is 0 Å². The number of alkyl halides is 1. The molecule has 3 aromatic heterocycles. The summed E-state index contributed by atoms with van der Waals surface area (Å²) in [6.07, 6.45) is 3.60. The number of amides is 1. The van der Waals surface area contributed by atoms with E-state index in [-0.39, 0.29) is 51.0 Å². The highest BCUT2D eigenvalue weighted by atomic mass is 32.1. The molecule has 2 N–H and O–H groups in total. The molecule has 2 saturated heterocycles. The molecule has 2 fully saturated rings. The van der Waals surface area contributed by atoms with Crippen molar-refractivity contribution >= 4 is 49.3 Å². The highest BCUT2D eigenvalue weighted by Gasteiger charge is 2.31. The van der Waals surface area contributed by atoms with Gasteiger partial charge in [0.2, 0.25) is 5.91 Å². The number of benzene rings is 2. The van der Waals surface area contributed by atoms with E-state index in [0.717, 1.165) is 11.3 Å². The van der Waals surface area contributed by atoms with Gasteiger partial charge in [0.15, 0.2) is 10.9 Å². The number of anilines is 2. The van der Waals surface area contributed by atoms with Gasteiger partial charge in [0.25, 0.3) is 0 Å². The van der Waals surface area contributed by atoms with Gasteiger partial charge >= 0.3 is 6.01 Å². The first-order valence-corrected chi connectivity index (χ1v) is 15.6. The average Bonchev–Trinajstić information content (AvgIpc) is 3.80. The van der Waals surface area contributed by atoms with Crippen LogP contribution in [0.15, 0.2) is 53.9 Å². The van der Waals surface area contributed by atoms with Crippen LogP contribution in [0.5, 0.6) is 6.01 Å². The maximum Gasteiger partial charge on any atom is 0.319 e. The summed E-state index contributed by atoms with van der Waals surface area (Å²) in [7, 11) is 1.82. The van der Waals surface area contributed by atoms with Crippen molar-refractivity contribution in [3.63, 3.8) is 0 Å². The molecule has 0 radical (unpaired) electrons. The normalized spacial score (nSPS) is 19.0. The van der Waals surface area contributed by atoms with Crippen molar-refractivity contribution in [1.82, 2.24) is 24.8 Å². The fourth-order valence-corrected chi connectivity index (χ4v) is 7.01. The Morgan fingerprint density at radius 2 is 1.96 bits per heavy atom. The topological polar surface area (TPSA) is 114 Å². The molecule has 2 aromatic carbocycles. The number of fused-ring (bicyclic) bond motifs is 2. The van der Waals surface area contributed by atoms with Gasteiger partial charge in [-0.25, -0.2) is 18.2 Å². The second-order valence-corrected chi connectivity index (χ2v) is 12.5. The van der Waals surface area contributed by atoms with E-state index in [1.165, 1.54) is 30.7 Å². The smallest absolute Gasteiger partial charge is 0.319 e. The summed E-state index contributed by atoms with van der Waals surface area (Å²) in [6.45, 7) is 5.64. The lowest BCUT2D eigenvalue weighted by Crippen LogP contribution is -2.48. The van der Waals surface area contributed by atoms with Crippen molar-refractivity contribution in [3.8, 4) is 28.3 Å². The Hall–Kier alpha value is -4.69. The molecule has 10 nitrogen and oxygen atoms in total. The number of hydrogen-bond donors (Lipinski definition) is 1. The van der Waals surface area contributed by atoms with Crippen LogP contribution in [0.2, 0.25) is 0 Å². The number of likely N-dealkylation sites (N-methyl/N-ethyl adjacent to an activating group) is 1. The summed E-state index contributed by atoms with van der Waals surface area (Å²) in [6, 6.07) is 5.96. The van der Waals surface area contributed by atoms with Crippen LogP contribution in [-0.4, -0.2) is 89.3 Å². The number of nitrogen functional groups attached to an aromatic ring is 1. The highest BCUT2D eigenvalue weighted by Crippen LogP contribution is 2.44. The number of hydrogen-bond acceptors (Lipinski definition) is 10. The van der Waals surface area contributed by atoms with Crippen molar-refractivity contribution < 1.29 is 27.1 Å². The molecule has 238 valence electrons. The number of likely N-dealkylation sites (tertiary alicyclic amines) is 1. The van der Waals surface area contributed by atoms with Crippen LogP contribution in [0.1, 0.15) is 6.42 Å². The first-order valence-electron chi connectivity index (χ1n) is 14.8. The minimum atomic E-state index is -0.963. The summed E-state index contributed by atoms with van der Waals surface area (Å²) in [5, 5.41) is 0.556. The zero-order valence-electron chi connectivity index (χ0n) is 24.9. The van der Waals surface area contributed by atoms with Crippen molar-refractivity contribution in [1.29, 1.82) is 0 Å². The molecule has 5 aromatic rings. The molecule has 5 heterocycles. The van der Waals surface area contributed by atoms with Gasteiger partial charge in [-0.15, -0.1) is 0 Å². The number of aromatic nitrogens is 3. The van der Waals surface area contributed by atoms with Crippen molar-refractivity contribution in [3.05, 3.63) is 61.1 Å². The predicted octanol–water partition coefficient (Wildman–Crippen LogP) is 5.28. The maximum atomic E-state index is 17.2. The van der Waals surface area contributed by atoms with E-state index in [0.29, 0.717) is 67.0 Å². The summed E-state index contributed by atoms with van der Waals surface area (Å²) >= 11 is 0.980. The van der Waals surface area contributed by atoms with Crippen molar-refractivity contribution in [2.75, 3.05) is 57.0 Å². The Labute approximate surface area is 265 Å². The molecule has 0 spiro atoms. The molecule has 7 rings (SSSR count). The van der Waals surface area contributed by atoms with Crippen LogP contribution in [0.25, 0.3) is 43.4 Å². The van der Waals surface area contributed by atoms with E-state index in [1.807, 2.05) is 16.8 Å². The number of thiazole rings is 1. The van der Waals surface area contributed by atoms with Crippen LogP contribution in [0.4, 0.5) is 24.1 Å². The number of nitrogens with zero attached hydrogens (tertiary/aromatic N) is 6. The Bertz CT molecular complexity index is 1960. The second kappa shape index (κ2) is 11.9. The lowest BCUT2D eigenvalue weighted by molar-refractivity contribution is -0.126. The van der Waals surface area contributed by atoms with Gasteiger partial charge in [-0.05, 0) is 49.4 Å². The van der Waals surface area contributed by atoms with E-state index in [2.05, 4.69) is 16.5 Å². The van der Waals surface area contributed by atoms with E-state index >= 15 is 4.39 Å². The molecule has 2 aliphatic rings. The standard InChI is InChI=1S/C32H30F3N7O3S/c1-3-24(43)41-7-9-42(10-8-41)30-22-13-21(17-6-11-44-15-17)25(20-4-5-23(34)29-28(20)37-31(36)46-29)26(35)27(22)38-32(39-30)45-16-19-12-18(33)14-40(19)2/h3-6,11,13,15,18-19H,1,7-10,12,14,16H2,2H3,(H2,36,37). The number of rotatable bonds is 7. The monoisotopic (exact) mass is 649 g/mol. The molecule has 46 heavy (non-hydrogen) atoms. The second-order valence-electron chi connectivity index (χ2n) is 11.4. The molecule has 2 aliphatic heterocycles. The third-order valence-electron chi connectivity index (χ3n) is 8.61. The third kappa shape index (κ3) is 5.30. The van der Waals surface area contributed by atoms with Crippen molar-refractivity contribution in [2.24, 2.45) is 0 Å². The minimum Gasteiger partial charge on any atom is -0.472 e. The van der Waals surface area contributed by atoms with E-state index in [9.17, 15) is 13.6 Å². The van der Waals surface area contributed by atoms with Crippen LogP contribution in [0, 0.1) is 11.6 Å². The Morgan fingerprint density at radius 1 is 1.15 bits per heavy atom. The zero-order valence-corrected chi connectivity index (χ0v) is 25.7. The minimum absolute atomic E-state index is 0.0179. The van der Waals surface area contributed by atoms with E-state index < -0.39 is 17.8 Å². The Kier molecular flexibility index (Phi) is 7.77. The summed E-state index contributed by atoms with van der Waals surface area (Å²) in [4.78, 5) is 31.4. The molecule has 0 saturated carbocycles. The van der Waals surface area contributed by atoms with Gasteiger partial charge in [0.05, 0.1) is 22.7 Å². The van der Waals surface area contributed by atoms with Gasteiger partial charge in [0, 0.05) is 60.8 Å². The van der Waals surface area contributed by atoms with Gasteiger partial charge in [-0.2, -0.15) is 9.97 Å². The number of nitrogens with two attached hydrogens (primary N) is 1. The Morgan fingerprint density at radius 3 is 2.65 bits per heavy atom. The summed E-state index contributed by atoms with van der Waals surface area (Å²) < 4.78 is 57.7. The molecule has 0 bridgehead atoms. The lowest BCUT2D eigenvalue weighted by atomic mass is 9.92. The van der Waals surface area contributed by atoms with Gasteiger partial charge in [-0.3, -0.25) is 9.69 Å². The van der Waals surface area contributed by atoms with Crippen LogP contribution >= 0.6 is 11.3 Å². The molecular formula is C32H30F3N7O3S. The molecule has 1 amide bonds. The quantitative estimate of drug-likeness (QED) is 0.235. The number of piperazine rings is 1. The molecular weight excluding hydrogens is 619 g/mol. The maximum absolute atomic E-state index is 17.2. The van der Waals surface area contributed by atoms with Gasteiger partial charge in [-0.1, -0.05) is 17.9 Å². The largest absolute Gasteiger partial charge is 0.472 e. The third-order valence-corrected chi connectivity index (χ3v) is 9.50. The first-order chi connectivity index (χ1) is 22.2. The molecule has 2 atom stereocenters. The summed E-state index contributed by atoms with van der Waals surface area (Å²) in [5.74, 6) is -0.953.